The summed E-state index contributed by atoms with van der Waals surface area (Å²) in [7, 11) is 0. The number of fused-ring (bicyclic) bond motifs is 2. The third-order valence-electron chi connectivity index (χ3n) is 3.29. The fraction of sp³-hybridized carbons (Fsp3) is 0. The third-order valence-corrected chi connectivity index (χ3v) is 4.39. The van der Waals surface area contributed by atoms with Gasteiger partial charge in [0.2, 0.25) is 5.78 Å². The highest BCUT2D eigenvalue weighted by Gasteiger charge is 2.25. The van der Waals surface area contributed by atoms with E-state index in [9.17, 15) is 4.79 Å². The van der Waals surface area contributed by atoms with Crippen molar-refractivity contribution in [1.29, 1.82) is 0 Å². The van der Waals surface area contributed by atoms with E-state index >= 15 is 0 Å². The minimum Gasteiger partial charge on any atom is -0.457 e. The van der Waals surface area contributed by atoms with Gasteiger partial charge in [0.05, 0.1) is 4.91 Å². The van der Waals surface area contributed by atoms with Crippen LogP contribution in [0.4, 0.5) is 0 Å². The van der Waals surface area contributed by atoms with Crippen molar-refractivity contribution in [2.24, 2.45) is 0 Å². The van der Waals surface area contributed by atoms with Gasteiger partial charge in [-0.1, -0.05) is 42.1 Å². The molecule has 0 fully saturated rings. The van der Waals surface area contributed by atoms with Crippen molar-refractivity contribution in [1.82, 2.24) is 0 Å². The largest absolute Gasteiger partial charge is 0.457 e. The van der Waals surface area contributed by atoms with Crippen LogP contribution in [0.15, 0.2) is 68.8 Å². The summed E-state index contributed by atoms with van der Waals surface area (Å²) in [6.07, 6.45) is 1.83. The smallest absolute Gasteiger partial charge is 0.200 e. The zero-order valence-electron chi connectivity index (χ0n) is 10.5. The molecule has 0 spiro atoms. The summed E-state index contributed by atoms with van der Waals surface area (Å²) in [5.41, 5.74) is 1.62. The first-order valence-electron chi connectivity index (χ1n) is 6.33. The van der Waals surface area contributed by atoms with Crippen molar-refractivity contribution in [3.8, 4) is 0 Å². The number of ketones is 1. The van der Waals surface area contributed by atoms with E-state index in [1.165, 1.54) is 11.8 Å². The van der Waals surface area contributed by atoms with Crippen LogP contribution >= 0.6 is 11.8 Å². The zero-order chi connectivity index (χ0) is 13.5. The molecule has 0 N–H and O–H groups in total. The molecule has 1 aliphatic heterocycles. The van der Waals surface area contributed by atoms with Gasteiger partial charge in [0.25, 0.3) is 0 Å². The number of thioether (sulfide) groups is 1. The van der Waals surface area contributed by atoms with Gasteiger partial charge >= 0.3 is 0 Å². The molecule has 0 amide bonds. The molecule has 1 aliphatic rings. The minimum absolute atomic E-state index is 0.0751. The van der Waals surface area contributed by atoms with Gasteiger partial charge in [-0.2, -0.15) is 0 Å². The molecule has 3 aromatic rings. The van der Waals surface area contributed by atoms with Crippen LogP contribution in [-0.2, 0) is 0 Å². The van der Waals surface area contributed by atoms with E-state index in [0.717, 1.165) is 27.2 Å². The molecule has 0 atom stereocenters. The molecule has 2 heterocycles. The van der Waals surface area contributed by atoms with Crippen molar-refractivity contribution in [3.05, 3.63) is 70.8 Å². The predicted octanol–water partition coefficient (Wildman–Crippen LogP) is 4.76. The first-order valence-corrected chi connectivity index (χ1v) is 7.15. The highest BCUT2D eigenvalue weighted by Crippen LogP contribution is 2.40. The molecule has 0 saturated carbocycles. The van der Waals surface area contributed by atoms with Crippen LogP contribution in [0, 0.1) is 0 Å². The maximum Gasteiger partial charge on any atom is 0.200 e. The van der Waals surface area contributed by atoms with Crippen LogP contribution in [-0.4, -0.2) is 5.78 Å². The molecular weight excluding hydrogens is 268 g/mol. The van der Waals surface area contributed by atoms with Crippen LogP contribution in [0.1, 0.15) is 16.1 Å². The highest BCUT2D eigenvalue weighted by atomic mass is 32.2. The summed E-state index contributed by atoms with van der Waals surface area (Å²) < 4.78 is 5.74. The molecule has 4 rings (SSSR count). The lowest BCUT2D eigenvalue weighted by Crippen LogP contribution is -1.93. The van der Waals surface area contributed by atoms with Crippen LogP contribution < -0.4 is 0 Å². The minimum atomic E-state index is 0.0751. The summed E-state index contributed by atoms with van der Waals surface area (Å²) in [6.45, 7) is 0. The Bertz CT molecular complexity index is 825. The Labute approximate surface area is 120 Å². The van der Waals surface area contributed by atoms with Gasteiger partial charge < -0.3 is 4.42 Å². The molecule has 20 heavy (non-hydrogen) atoms. The lowest BCUT2D eigenvalue weighted by Gasteiger charge is -1.91. The Kier molecular flexibility index (Phi) is 2.54. The Morgan fingerprint density at radius 2 is 1.80 bits per heavy atom. The lowest BCUT2D eigenvalue weighted by atomic mass is 10.1. The van der Waals surface area contributed by atoms with Crippen molar-refractivity contribution >= 4 is 34.6 Å². The van der Waals surface area contributed by atoms with Crippen molar-refractivity contribution < 1.29 is 9.21 Å². The van der Waals surface area contributed by atoms with Crippen molar-refractivity contribution in [3.63, 3.8) is 0 Å². The standard InChI is InChI=1S/C17H10O2S/c18-17-13-6-2-4-8-15(13)20-16(17)10-12-9-11-5-1-3-7-14(11)19-12/h1-10H/b16-10+. The fourth-order valence-electron chi connectivity index (χ4n) is 2.34. The summed E-state index contributed by atoms with van der Waals surface area (Å²) in [5.74, 6) is 0.793. The SMILES string of the molecule is O=C1/C(=C\c2cc3ccccc3o2)Sc2ccccc21. The summed E-state index contributed by atoms with van der Waals surface area (Å²) >= 11 is 1.50. The molecule has 0 saturated heterocycles. The van der Waals surface area contributed by atoms with Gasteiger partial charge in [-0.25, -0.2) is 0 Å². The average Bonchev–Trinajstić information content (AvgIpc) is 3.01. The number of hydrogen-bond acceptors (Lipinski definition) is 3. The lowest BCUT2D eigenvalue weighted by molar-refractivity contribution is 0.104. The van der Waals surface area contributed by atoms with E-state index in [4.69, 9.17) is 4.42 Å². The second kappa shape index (κ2) is 4.39. The van der Waals surface area contributed by atoms with E-state index in [0.29, 0.717) is 4.91 Å². The van der Waals surface area contributed by atoms with Crippen LogP contribution in [0.2, 0.25) is 0 Å². The number of rotatable bonds is 1. The van der Waals surface area contributed by atoms with Gasteiger partial charge in [0.1, 0.15) is 11.3 Å². The Balaban J connectivity index is 1.77. The van der Waals surface area contributed by atoms with E-state index in [2.05, 4.69) is 0 Å². The fourth-order valence-corrected chi connectivity index (χ4v) is 3.37. The predicted molar refractivity (Wildman–Crippen MR) is 80.8 cm³/mol. The number of Topliss-reactive ketones (excluding diaryl/α,β-unsaturated/α-hetero) is 1. The van der Waals surface area contributed by atoms with Crippen molar-refractivity contribution in [2.45, 2.75) is 4.90 Å². The number of carbonyl (C=O) groups is 1. The second-order valence-corrected chi connectivity index (χ2v) is 5.71. The van der Waals surface area contributed by atoms with Gasteiger partial charge in [-0.05, 0) is 30.3 Å². The Hall–Kier alpha value is -2.26. The topological polar surface area (TPSA) is 30.2 Å². The normalized spacial score (nSPS) is 16.0. The van der Waals surface area contributed by atoms with Crippen LogP contribution in [0.5, 0.6) is 0 Å². The van der Waals surface area contributed by atoms with Crippen molar-refractivity contribution in [2.75, 3.05) is 0 Å². The number of allylic oxidation sites excluding steroid dienone is 1. The molecule has 0 aliphatic carbocycles. The molecule has 3 heteroatoms. The first kappa shape index (κ1) is 11.6. The zero-order valence-corrected chi connectivity index (χ0v) is 11.3. The van der Waals surface area contributed by atoms with Gasteiger partial charge in [0.15, 0.2) is 0 Å². The number of para-hydroxylation sites is 1. The maximum atomic E-state index is 12.3. The summed E-state index contributed by atoms with van der Waals surface area (Å²) in [4.78, 5) is 14.0. The quantitative estimate of drug-likeness (QED) is 0.601. The second-order valence-electron chi connectivity index (χ2n) is 4.62. The number of carbonyl (C=O) groups excluding carboxylic acids is 1. The molecule has 96 valence electrons. The summed E-state index contributed by atoms with van der Waals surface area (Å²) in [6, 6.07) is 17.5. The Morgan fingerprint density at radius 3 is 2.65 bits per heavy atom. The van der Waals surface area contributed by atoms with Gasteiger partial charge in [-0.3, -0.25) is 4.79 Å². The number of hydrogen-bond donors (Lipinski definition) is 0. The molecule has 0 radical (unpaired) electrons. The monoisotopic (exact) mass is 278 g/mol. The van der Waals surface area contributed by atoms with E-state index in [1.54, 1.807) is 0 Å². The summed E-state index contributed by atoms with van der Waals surface area (Å²) in [5, 5.41) is 1.05. The number of furan rings is 1. The maximum absolute atomic E-state index is 12.3. The van der Waals surface area contributed by atoms with Crippen LogP contribution in [0.25, 0.3) is 17.0 Å². The third kappa shape index (κ3) is 1.79. The molecule has 1 aromatic heterocycles. The van der Waals surface area contributed by atoms with Crippen LogP contribution in [0.3, 0.4) is 0 Å². The van der Waals surface area contributed by atoms with E-state index in [1.807, 2.05) is 60.7 Å². The highest BCUT2D eigenvalue weighted by molar-refractivity contribution is 8.04. The molecule has 0 unspecified atom stereocenters. The average molecular weight is 278 g/mol. The van der Waals surface area contributed by atoms with Gasteiger partial charge in [-0.15, -0.1) is 0 Å². The molecule has 2 aromatic carbocycles. The molecular formula is C17H10O2S. The molecule has 0 bridgehead atoms. The van der Waals surface area contributed by atoms with Gasteiger partial charge in [0, 0.05) is 15.8 Å². The van der Waals surface area contributed by atoms with E-state index < -0.39 is 0 Å². The van der Waals surface area contributed by atoms with E-state index in [-0.39, 0.29) is 5.78 Å². The molecule has 2 nitrogen and oxygen atoms in total. The Morgan fingerprint density at radius 1 is 1.00 bits per heavy atom. The first-order chi connectivity index (χ1) is 9.81. The number of benzene rings is 2.